The van der Waals surface area contributed by atoms with Gasteiger partial charge in [-0.15, -0.1) is 0 Å². The van der Waals surface area contributed by atoms with Crippen LogP contribution in [0.3, 0.4) is 0 Å². The molecular formula is C30H29N3O2. The first-order valence-electron chi connectivity index (χ1n) is 11.6. The first kappa shape index (κ1) is 23.9. The highest BCUT2D eigenvalue weighted by Crippen LogP contribution is 2.46. The molecule has 0 saturated carbocycles. The minimum Gasteiger partial charge on any atom is -0.495 e. The van der Waals surface area contributed by atoms with Gasteiger partial charge in [0.05, 0.1) is 25.4 Å². The van der Waals surface area contributed by atoms with Crippen molar-refractivity contribution in [1.82, 2.24) is 0 Å². The molecule has 5 heteroatoms. The first-order valence-corrected chi connectivity index (χ1v) is 11.6. The Morgan fingerprint density at radius 2 is 2.00 bits per heavy atom. The lowest BCUT2D eigenvalue weighted by molar-refractivity contribution is 0.318. The molecule has 0 aliphatic carbocycles. The van der Waals surface area contributed by atoms with E-state index in [9.17, 15) is 5.26 Å². The number of ether oxygens (including phenoxy) is 2. The fraction of sp³-hybridized carbons (Fsp3) is 0.267. The molecule has 0 amide bonds. The molecule has 2 heterocycles. The van der Waals surface area contributed by atoms with Crippen LogP contribution >= 0.6 is 0 Å². The fourth-order valence-electron chi connectivity index (χ4n) is 4.56. The Kier molecular flexibility index (Phi) is 6.80. The van der Waals surface area contributed by atoms with Crippen molar-refractivity contribution in [2.75, 3.05) is 18.6 Å². The van der Waals surface area contributed by atoms with Crippen LogP contribution < -0.4 is 9.64 Å². The van der Waals surface area contributed by atoms with Gasteiger partial charge in [-0.3, -0.25) is 0 Å². The molecule has 0 saturated heterocycles. The lowest BCUT2D eigenvalue weighted by Gasteiger charge is -2.41. The second kappa shape index (κ2) is 9.95. The number of hydrogen-bond acceptors (Lipinski definition) is 4. The van der Waals surface area contributed by atoms with E-state index in [1.54, 1.807) is 19.3 Å². The van der Waals surface area contributed by atoms with Crippen LogP contribution in [0.5, 0.6) is 5.75 Å². The molecule has 0 spiro atoms. The molecular weight excluding hydrogens is 434 g/mol. The zero-order chi connectivity index (χ0) is 25.0. The molecule has 4 rings (SSSR count). The predicted molar refractivity (Wildman–Crippen MR) is 139 cm³/mol. The van der Waals surface area contributed by atoms with E-state index >= 15 is 0 Å². The molecule has 2 aromatic carbocycles. The van der Waals surface area contributed by atoms with Crippen molar-refractivity contribution in [3.05, 3.63) is 112 Å². The summed E-state index contributed by atoms with van der Waals surface area (Å²) < 4.78 is 11.7. The van der Waals surface area contributed by atoms with Crippen molar-refractivity contribution in [2.45, 2.75) is 39.2 Å². The number of benzene rings is 2. The van der Waals surface area contributed by atoms with Crippen LogP contribution in [0.1, 0.15) is 43.9 Å². The number of nitrogens with zero attached hydrogens (tertiary/aromatic N) is 3. The highest BCUT2D eigenvalue weighted by molar-refractivity contribution is 5.72. The van der Waals surface area contributed by atoms with Gasteiger partial charge in [0.1, 0.15) is 17.3 Å². The molecule has 176 valence electrons. The second-order valence-electron chi connectivity index (χ2n) is 9.43. The summed E-state index contributed by atoms with van der Waals surface area (Å²) in [4.78, 5) is 5.73. The number of rotatable bonds is 5. The Labute approximate surface area is 207 Å². The van der Waals surface area contributed by atoms with Crippen LogP contribution in [-0.4, -0.2) is 13.7 Å². The van der Waals surface area contributed by atoms with Crippen molar-refractivity contribution in [3.63, 3.8) is 0 Å². The zero-order valence-corrected chi connectivity index (χ0v) is 20.6. The van der Waals surface area contributed by atoms with Crippen molar-refractivity contribution >= 4 is 11.8 Å². The van der Waals surface area contributed by atoms with E-state index in [1.807, 2.05) is 31.2 Å². The van der Waals surface area contributed by atoms with Crippen LogP contribution in [0.15, 0.2) is 83.5 Å². The largest absolute Gasteiger partial charge is 0.495 e. The molecule has 2 aliphatic heterocycles. The average Bonchev–Trinajstić information content (AvgIpc) is 2.85. The van der Waals surface area contributed by atoms with E-state index in [-0.39, 0.29) is 11.1 Å². The molecule has 0 unspecified atom stereocenters. The van der Waals surface area contributed by atoms with Gasteiger partial charge >= 0.3 is 0 Å². The van der Waals surface area contributed by atoms with Gasteiger partial charge in [-0.05, 0) is 71.4 Å². The first-order chi connectivity index (χ1) is 16.8. The third-order valence-electron chi connectivity index (χ3n) is 6.45. The summed E-state index contributed by atoms with van der Waals surface area (Å²) in [7, 11) is 1.72. The summed E-state index contributed by atoms with van der Waals surface area (Å²) in [5, 5.41) is 9.24. The van der Waals surface area contributed by atoms with Gasteiger partial charge in [0.2, 0.25) is 0 Å². The Hall–Kier alpha value is -4.22. The zero-order valence-electron chi connectivity index (χ0n) is 20.6. The minimum atomic E-state index is 0.00676. The van der Waals surface area contributed by atoms with Crippen molar-refractivity contribution in [3.8, 4) is 11.8 Å². The molecule has 0 N–H and O–H groups in total. The standard InChI is InChI=1S/C30H29N3O2/c1-21-15-24(27(19-31)32-4)18-25(35-21)12-11-23-16-26-29(28(17-23)34-5)33(14-13-30(26,2)3)20-22-9-7-6-8-10-22/h6-12,15-18H,13-14,20H2,1-3,5H3. The molecule has 0 fully saturated rings. The Bertz CT molecular complexity index is 1320. The SMILES string of the molecule is [C-]#[N+]C(C#N)=C1C=C(C)OC(C=Cc2cc(OC)c3c(c2)C(C)(C)CCN3Cc2ccccc2)=C1. The van der Waals surface area contributed by atoms with Crippen molar-refractivity contribution in [1.29, 1.82) is 5.26 Å². The average molecular weight is 464 g/mol. The fourth-order valence-corrected chi connectivity index (χ4v) is 4.56. The summed E-state index contributed by atoms with van der Waals surface area (Å²) in [5.41, 5.74) is 5.30. The molecule has 2 aliphatic rings. The summed E-state index contributed by atoms with van der Waals surface area (Å²) in [6.45, 7) is 15.4. The number of hydrogen-bond donors (Lipinski definition) is 0. The molecule has 0 bridgehead atoms. The number of methoxy groups -OCH3 is 1. The maximum Gasteiger partial charge on any atom is 0.269 e. The van der Waals surface area contributed by atoms with E-state index in [0.29, 0.717) is 17.1 Å². The maximum atomic E-state index is 9.24. The summed E-state index contributed by atoms with van der Waals surface area (Å²) in [5.74, 6) is 2.07. The van der Waals surface area contributed by atoms with Crippen LogP contribution in [0.4, 0.5) is 5.69 Å². The molecule has 0 aromatic heterocycles. The highest BCUT2D eigenvalue weighted by atomic mass is 16.5. The number of nitriles is 1. The summed E-state index contributed by atoms with van der Waals surface area (Å²) in [6, 6.07) is 16.7. The van der Waals surface area contributed by atoms with Crippen molar-refractivity contribution < 1.29 is 9.47 Å². The number of allylic oxidation sites excluding steroid dienone is 6. The Morgan fingerprint density at radius 1 is 1.23 bits per heavy atom. The smallest absolute Gasteiger partial charge is 0.269 e. The molecule has 0 radical (unpaired) electrons. The van der Waals surface area contributed by atoms with Crippen LogP contribution in [0.25, 0.3) is 10.9 Å². The monoisotopic (exact) mass is 463 g/mol. The molecule has 5 nitrogen and oxygen atoms in total. The van der Waals surface area contributed by atoms with Crippen molar-refractivity contribution in [2.24, 2.45) is 0 Å². The number of anilines is 1. The van der Waals surface area contributed by atoms with Crippen LogP contribution in [0, 0.1) is 17.9 Å². The normalized spacial score (nSPS) is 17.9. The van der Waals surface area contributed by atoms with Gasteiger partial charge in [-0.2, -0.15) is 0 Å². The maximum absolute atomic E-state index is 9.24. The lowest BCUT2D eigenvalue weighted by atomic mass is 9.76. The lowest BCUT2D eigenvalue weighted by Crippen LogP contribution is -2.37. The van der Waals surface area contributed by atoms with Gasteiger partial charge < -0.3 is 14.4 Å². The van der Waals surface area contributed by atoms with Gasteiger partial charge in [0.25, 0.3) is 5.70 Å². The van der Waals surface area contributed by atoms with Crippen LogP contribution in [0.2, 0.25) is 0 Å². The molecule has 0 atom stereocenters. The third kappa shape index (κ3) is 5.15. The Morgan fingerprint density at radius 3 is 2.69 bits per heavy atom. The number of fused-ring (bicyclic) bond motifs is 1. The summed E-state index contributed by atoms with van der Waals surface area (Å²) >= 11 is 0. The van der Waals surface area contributed by atoms with Gasteiger partial charge in [0.15, 0.2) is 0 Å². The van der Waals surface area contributed by atoms with E-state index in [1.165, 1.54) is 11.1 Å². The van der Waals surface area contributed by atoms with Gasteiger partial charge in [-0.25, -0.2) is 10.1 Å². The van der Waals surface area contributed by atoms with Gasteiger partial charge in [0, 0.05) is 13.1 Å². The highest BCUT2D eigenvalue weighted by Gasteiger charge is 2.33. The Balaban J connectivity index is 1.71. The predicted octanol–water partition coefficient (Wildman–Crippen LogP) is 6.91. The minimum absolute atomic E-state index is 0.00676. The van der Waals surface area contributed by atoms with E-state index in [0.717, 1.165) is 36.5 Å². The van der Waals surface area contributed by atoms with E-state index < -0.39 is 0 Å². The van der Waals surface area contributed by atoms with E-state index in [4.69, 9.17) is 16.0 Å². The quantitative estimate of drug-likeness (QED) is 0.357. The van der Waals surface area contributed by atoms with E-state index in [2.05, 4.69) is 60.0 Å². The third-order valence-corrected chi connectivity index (χ3v) is 6.45. The summed E-state index contributed by atoms with van der Waals surface area (Å²) in [6.07, 6.45) is 8.33. The molecule has 2 aromatic rings. The van der Waals surface area contributed by atoms with Gasteiger partial charge in [-0.1, -0.05) is 50.3 Å². The van der Waals surface area contributed by atoms with Crippen LogP contribution in [-0.2, 0) is 16.7 Å². The molecule has 35 heavy (non-hydrogen) atoms. The second-order valence-corrected chi connectivity index (χ2v) is 9.43. The topological polar surface area (TPSA) is 49.9 Å².